The van der Waals surface area contributed by atoms with E-state index in [1.54, 1.807) is 13.8 Å². The van der Waals surface area contributed by atoms with Crippen LogP contribution in [0.15, 0.2) is 12.1 Å². The molecule has 0 saturated heterocycles. The highest BCUT2D eigenvalue weighted by Crippen LogP contribution is 2.28. The Balaban J connectivity index is 3.32. The Bertz CT molecular complexity index is 413. The maximum atomic E-state index is 12.3. The van der Waals surface area contributed by atoms with Crippen LogP contribution < -0.4 is 0 Å². The predicted molar refractivity (Wildman–Crippen MR) is 60.6 cm³/mol. The predicted octanol–water partition coefficient (Wildman–Crippen LogP) is 4.21. The third-order valence-corrected chi connectivity index (χ3v) is 2.99. The number of aryl methyl sites for hydroxylation is 2. The summed E-state index contributed by atoms with van der Waals surface area (Å²) in [6.07, 6.45) is -3.86. The van der Waals surface area contributed by atoms with E-state index >= 15 is 0 Å². The van der Waals surface area contributed by atoms with E-state index in [4.69, 9.17) is 11.6 Å². The molecule has 0 bridgehead atoms. The fourth-order valence-corrected chi connectivity index (χ4v) is 1.94. The quantitative estimate of drug-likeness (QED) is 0.748. The molecule has 94 valence electrons. The second kappa shape index (κ2) is 5.08. The zero-order valence-corrected chi connectivity index (χ0v) is 10.2. The molecule has 0 atom stereocenters. The number of carbonyl (C=O) groups is 1. The van der Waals surface area contributed by atoms with Crippen molar-refractivity contribution in [2.75, 3.05) is 0 Å². The van der Waals surface area contributed by atoms with Crippen LogP contribution in [0.25, 0.3) is 0 Å². The molecule has 5 heteroatoms. The lowest BCUT2D eigenvalue weighted by atomic mass is 9.99. The first-order chi connectivity index (χ1) is 7.81. The number of rotatable bonds is 3. The van der Waals surface area contributed by atoms with E-state index in [0.29, 0.717) is 29.0 Å². The first-order valence-electron chi connectivity index (χ1n) is 5.24. The van der Waals surface area contributed by atoms with Gasteiger partial charge in [-0.1, -0.05) is 25.4 Å². The van der Waals surface area contributed by atoms with Gasteiger partial charge in [-0.15, -0.1) is 0 Å². The molecule has 1 rings (SSSR count). The fourth-order valence-electron chi connectivity index (χ4n) is 1.56. The van der Waals surface area contributed by atoms with Gasteiger partial charge in [0.1, 0.15) is 0 Å². The molecule has 0 spiro atoms. The number of ketones is 1. The van der Waals surface area contributed by atoms with Gasteiger partial charge in [0, 0.05) is 10.6 Å². The fraction of sp³-hybridized carbons (Fsp3) is 0.417. The van der Waals surface area contributed by atoms with E-state index in [1.165, 1.54) is 12.1 Å². The van der Waals surface area contributed by atoms with Gasteiger partial charge in [-0.2, -0.15) is 13.2 Å². The molecule has 0 heterocycles. The Morgan fingerprint density at radius 2 is 1.59 bits per heavy atom. The average molecular weight is 265 g/mol. The molecule has 0 aliphatic carbocycles. The standard InChI is InChI=1S/C12H12ClF3O/c1-3-7-5-9(11(17)12(14,15)16)6-8(4-2)10(7)13/h5-6H,3-4H2,1-2H3. The third kappa shape index (κ3) is 3.00. The number of hydrogen-bond acceptors (Lipinski definition) is 1. The van der Waals surface area contributed by atoms with Crippen LogP contribution in [-0.2, 0) is 12.8 Å². The summed E-state index contributed by atoms with van der Waals surface area (Å²) < 4.78 is 37.0. The summed E-state index contributed by atoms with van der Waals surface area (Å²) in [5.74, 6) is -1.82. The van der Waals surface area contributed by atoms with Crippen molar-refractivity contribution in [3.05, 3.63) is 33.8 Å². The molecular formula is C12H12ClF3O. The molecule has 0 saturated carbocycles. The molecule has 0 aromatic heterocycles. The smallest absolute Gasteiger partial charge is 0.284 e. The SMILES string of the molecule is CCc1cc(C(=O)C(F)(F)F)cc(CC)c1Cl. The first-order valence-corrected chi connectivity index (χ1v) is 5.61. The minimum absolute atomic E-state index is 0.337. The maximum Gasteiger partial charge on any atom is 0.454 e. The Hall–Kier alpha value is -1.03. The van der Waals surface area contributed by atoms with E-state index in [9.17, 15) is 18.0 Å². The molecule has 1 aromatic carbocycles. The number of benzene rings is 1. The second-order valence-corrected chi connectivity index (χ2v) is 4.02. The lowest BCUT2D eigenvalue weighted by Crippen LogP contribution is -2.23. The zero-order chi connectivity index (χ0) is 13.2. The number of carbonyl (C=O) groups excluding carboxylic acids is 1. The Labute approximate surface area is 103 Å². The summed E-state index contributed by atoms with van der Waals surface area (Å²) in [4.78, 5) is 11.1. The van der Waals surface area contributed by atoms with E-state index < -0.39 is 12.0 Å². The number of halogens is 4. The van der Waals surface area contributed by atoms with Gasteiger partial charge in [0.25, 0.3) is 5.78 Å². The molecule has 0 radical (unpaired) electrons. The monoisotopic (exact) mass is 264 g/mol. The van der Waals surface area contributed by atoms with Crippen molar-refractivity contribution in [2.45, 2.75) is 32.9 Å². The molecule has 0 fully saturated rings. The van der Waals surface area contributed by atoms with Crippen LogP contribution in [0.5, 0.6) is 0 Å². The highest BCUT2D eigenvalue weighted by atomic mass is 35.5. The van der Waals surface area contributed by atoms with Crippen molar-refractivity contribution >= 4 is 17.4 Å². The Morgan fingerprint density at radius 1 is 1.18 bits per heavy atom. The normalized spacial score (nSPS) is 11.6. The second-order valence-electron chi connectivity index (χ2n) is 3.64. The average Bonchev–Trinajstić information content (AvgIpc) is 2.27. The van der Waals surface area contributed by atoms with Crippen molar-refractivity contribution in [3.8, 4) is 0 Å². The van der Waals surface area contributed by atoms with E-state index in [1.807, 2.05) is 0 Å². The number of hydrogen-bond donors (Lipinski definition) is 0. The van der Waals surface area contributed by atoms with Gasteiger partial charge in [-0.3, -0.25) is 4.79 Å². The van der Waals surface area contributed by atoms with Crippen molar-refractivity contribution in [2.24, 2.45) is 0 Å². The minimum Gasteiger partial charge on any atom is -0.284 e. The maximum absolute atomic E-state index is 12.3. The molecule has 1 nitrogen and oxygen atoms in total. The molecule has 17 heavy (non-hydrogen) atoms. The highest BCUT2D eigenvalue weighted by molar-refractivity contribution is 6.32. The van der Waals surface area contributed by atoms with Gasteiger partial charge in [0.2, 0.25) is 0 Å². The summed E-state index contributed by atoms with van der Waals surface area (Å²) >= 11 is 6.01. The van der Waals surface area contributed by atoms with Crippen LogP contribution in [0.2, 0.25) is 5.02 Å². The molecule has 0 aliphatic rings. The summed E-state index contributed by atoms with van der Waals surface area (Å²) in [6.45, 7) is 3.56. The molecule has 0 aliphatic heterocycles. The first kappa shape index (κ1) is 14.0. The zero-order valence-electron chi connectivity index (χ0n) is 9.49. The van der Waals surface area contributed by atoms with E-state index in [0.717, 1.165) is 0 Å². The van der Waals surface area contributed by atoms with Gasteiger partial charge in [-0.05, 0) is 36.1 Å². The Kier molecular flexibility index (Phi) is 4.20. The summed E-state index contributed by atoms with van der Waals surface area (Å²) in [5.41, 5.74) is 0.799. The van der Waals surface area contributed by atoms with Crippen LogP contribution in [0.4, 0.5) is 13.2 Å². The minimum atomic E-state index is -4.84. The lowest BCUT2D eigenvalue weighted by molar-refractivity contribution is -0.0885. The van der Waals surface area contributed by atoms with Crippen LogP contribution in [0, 0.1) is 0 Å². The van der Waals surface area contributed by atoms with E-state index in [-0.39, 0.29) is 5.56 Å². The van der Waals surface area contributed by atoms with Gasteiger partial charge in [-0.25, -0.2) is 0 Å². The Morgan fingerprint density at radius 3 is 1.88 bits per heavy atom. The van der Waals surface area contributed by atoms with Crippen LogP contribution in [0.3, 0.4) is 0 Å². The summed E-state index contributed by atoms with van der Waals surface area (Å²) in [5, 5.41) is 0.453. The topological polar surface area (TPSA) is 17.1 Å². The van der Waals surface area contributed by atoms with Crippen molar-refractivity contribution in [1.29, 1.82) is 0 Å². The van der Waals surface area contributed by atoms with Crippen molar-refractivity contribution < 1.29 is 18.0 Å². The van der Waals surface area contributed by atoms with Gasteiger partial charge in [0.05, 0.1) is 0 Å². The molecule has 0 unspecified atom stereocenters. The molecule has 0 amide bonds. The largest absolute Gasteiger partial charge is 0.454 e. The van der Waals surface area contributed by atoms with Gasteiger partial charge < -0.3 is 0 Å². The van der Waals surface area contributed by atoms with Crippen LogP contribution in [-0.4, -0.2) is 12.0 Å². The highest BCUT2D eigenvalue weighted by Gasteiger charge is 2.39. The molecule has 0 N–H and O–H groups in total. The number of alkyl halides is 3. The molecule has 1 aromatic rings. The van der Waals surface area contributed by atoms with Crippen LogP contribution in [0.1, 0.15) is 35.3 Å². The van der Waals surface area contributed by atoms with Gasteiger partial charge >= 0.3 is 6.18 Å². The molecular weight excluding hydrogens is 253 g/mol. The van der Waals surface area contributed by atoms with Crippen LogP contribution >= 0.6 is 11.6 Å². The number of Topliss-reactive ketones (excluding diaryl/α,β-unsaturated/α-hetero) is 1. The van der Waals surface area contributed by atoms with Crippen molar-refractivity contribution in [1.82, 2.24) is 0 Å². The van der Waals surface area contributed by atoms with Crippen molar-refractivity contribution in [3.63, 3.8) is 0 Å². The summed E-state index contributed by atoms with van der Waals surface area (Å²) in [6, 6.07) is 2.44. The van der Waals surface area contributed by atoms with E-state index in [2.05, 4.69) is 0 Å². The lowest BCUT2D eigenvalue weighted by Gasteiger charge is -2.11. The summed E-state index contributed by atoms with van der Waals surface area (Å²) in [7, 11) is 0. The third-order valence-electron chi connectivity index (χ3n) is 2.50. The van der Waals surface area contributed by atoms with Gasteiger partial charge in [0.15, 0.2) is 0 Å².